The molecule has 0 unspecified atom stereocenters. The van der Waals surface area contributed by atoms with Gasteiger partial charge in [-0.2, -0.15) is 0 Å². The first-order valence-electron chi connectivity index (χ1n) is 14.0. The minimum absolute atomic E-state index is 0.0603. The molecular formula is C32H38ClN3O4S. The van der Waals surface area contributed by atoms with Gasteiger partial charge in [0, 0.05) is 17.6 Å². The van der Waals surface area contributed by atoms with Gasteiger partial charge >= 0.3 is 0 Å². The Balaban J connectivity index is 1.71. The van der Waals surface area contributed by atoms with Crippen LogP contribution in [-0.2, 0) is 26.2 Å². The highest BCUT2D eigenvalue weighted by atomic mass is 35.5. The standard InChI is InChI=1S/C32H38ClN3O4S/c1-22-13-17-29(18-14-22)41(39,40)36(28-16-15-24(3)30(33)19-28)21-31(37)35(20-26-10-6-5-9-23(26)2)25(4)32(38)34-27-11-7-8-12-27/h5-6,9-10,13-19,25,27H,7-8,11-12,20-21H2,1-4H3,(H,34,38)/t25-/m0/s1. The fourth-order valence-electron chi connectivity index (χ4n) is 5.05. The van der Waals surface area contributed by atoms with Crippen molar-refractivity contribution >= 4 is 39.1 Å². The largest absolute Gasteiger partial charge is 0.352 e. The van der Waals surface area contributed by atoms with Crippen molar-refractivity contribution in [2.24, 2.45) is 0 Å². The zero-order chi connectivity index (χ0) is 29.7. The fraction of sp³-hybridized carbons (Fsp3) is 0.375. The minimum atomic E-state index is -4.15. The summed E-state index contributed by atoms with van der Waals surface area (Å²) in [7, 11) is -4.15. The molecule has 41 heavy (non-hydrogen) atoms. The molecule has 1 fully saturated rings. The summed E-state index contributed by atoms with van der Waals surface area (Å²) in [6, 6.07) is 18.4. The number of benzene rings is 3. The van der Waals surface area contributed by atoms with Gasteiger partial charge in [0.05, 0.1) is 10.6 Å². The van der Waals surface area contributed by atoms with Crippen molar-refractivity contribution in [2.45, 2.75) is 76.9 Å². The zero-order valence-electron chi connectivity index (χ0n) is 24.1. The number of hydrogen-bond acceptors (Lipinski definition) is 4. The van der Waals surface area contributed by atoms with E-state index < -0.39 is 28.5 Å². The smallest absolute Gasteiger partial charge is 0.264 e. The van der Waals surface area contributed by atoms with Gasteiger partial charge < -0.3 is 10.2 Å². The van der Waals surface area contributed by atoms with Gasteiger partial charge in [-0.25, -0.2) is 8.42 Å². The molecule has 1 aliphatic carbocycles. The van der Waals surface area contributed by atoms with E-state index in [1.165, 1.54) is 17.0 Å². The Morgan fingerprint density at radius 1 is 0.951 bits per heavy atom. The van der Waals surface area contributed by atoms with Gasteiger partial charge in [0.15, 0.2) is 0 Å². The van der Waals surface area contributed by atoms with Gasteiger partial charge in [0.2, 0.25) is 11.8 Å². The molecule has 0 aliphatic heterocycles. The lowest BCUT2D eigenvalue weighted by Gasteiger charge is -2.33. The van der Waals surface area contributed by atoms with Crippen LogP contribution in [0.2, 0.25) is 5.02 Å². The molecule has 1 N–H and O–H groups in total. The third-order valence-electron chi connectivity index (χ3n) is 7.80. The van der Waals surface area contributed by atoms with Crippen LogP contribution < -0.4 is 9.62 Å². The second-order valence-electron chi connectivity index (χ2n) is 10.9. The van der Waals surface area contributed by atoms with Crippen LogP contribution in [0.1, 0.15) is 54.9 Å². The van der Waals surface area contributed by atoms with Crippen LogP contribution in [0, 0.1) is 20.8 Å². The maximum Gasteiger partial charge on any atom is 0.264 e. The SMILES string of the molecule is Cc1ccc(S(=O)(=O)N(CC(=O)N(Cc2ccccc2C)[C@@H](C)C(=O)NC2CCCC2)c2ccc(C)c(Cl)c2)cc1. The molecule has 0 bridgehead atoms. The Bertz CT molecular complexity index is 1500. The molecule has 7 nitrogen and oxygen atoms in total. The number of sulfonamides is 1. The van der Waals surface area contributed by atoms with Gasteiger partial charge in [-0.15, -0.1) is 0 Å². The number of hydrogen-bond donors (Lipinski definition) is 1. The zero-order valence-corrected chi connectivity index (χ0v) is 25.6. The molecule has 0 aromatic heterocycles. The average Bonchev–Trinajstić information content (AvgIpc) is 3.45. The monoisotopic (exact) mass is 595 g/mol. The number of anilines is 1. The Morgan fingerprint density at radius 2 is 1.61 bits per heavy atom. The van der Waals surface area contributed by atoms with Gasteiger partial charge in [0.1, 0.15) is 12.6 Å². The summed E-state index contributed by atoms with van der Waals surface area (Å²) in [6.45, 7) is 7.01. The number of carbonyl (C=O) groups is 2. The van der Waals surface area contributed by atoms with Gasteiger partial charge in [-0.3, -0.25) is 13.9 Å². The predicted molar refractivity (Wildman–Crippen MR) is 163 cm³/mol. The maximum atomic E-state index is 14.1. The molecule has 0 saturated heterocycles. The van der Waals surface area contributed by atoms with E-state index in [0.717, 1.165) is 52.2 Å². The van der Waals surface area contributed by atoms with Crippen LogP contribution in [0.3, 0.4) is 0 Å². The second kappa shape index (κ2) is 13.1. The molecule has 4 rings (SSSR count). The highest BCUT2D eigenvalue weighted by Crippen LogP contribution is 2.29. The number of rotatable bonds is 10. The highest BCUT2D eigenvalue weighted by Gasteiger charge is 2.33. The molecule has 2 amide bonds. The Hall–Kier alpha value is -3.36. The average molecular weight is 596 g/mol. The second-order valence-corrected chi connectivity index (χ2v) is 13.1. The van der Waals surface area contributed by atoms with Crippen LogP contribution in [0.25, 0.3) is 0 Å². The van der Waals surface area contributed by atoms with Gasteiger partial charge in [0.25, 0.3) is 10.0 Å². The number of carbonyl (C=O) groups excluding carboxylic acids is 2. The Morgan fingerprint density at radius 3 is 2.24 bits per heavy atom. The summed E-state index contributed by atoms with van der Waals surface area (Å²) in [5.41, 5.74) is 3.83. The number of amides is 2. The summed E-state index contributed by atoms with van der Waals surface area (Å²) in [5.74, 6) is -0.736. The lowest BCUT2D eigenvalue weighted by molar-refractivity contribution is -0.139. The summed E-state index contributed by atoms with van der Waals surface area (Å²) >= 11 is 6.40. The molecule has 0 heterocycles. The first kappa shape index (κ1) is 30.6. The Kier molecular flexibility index (Phi) is 9.76. The number of nitrogens with zero attached hydrogens (tertiary/aromatic N) is 2. The summed E-state index contributed by atoms with van der Waals surface area (Å²) in [6.07, 6.45) is 3.97. The quantitative estimate of drug-likeness (QED) is 0.314. The van der Waals surface area contributed by atoms with Crippen molar-refractivity contribution in [1.29, 1.82) is 0 Å². The number of aryl methyl sites for hydroxylation is 3. The number of halogens is 1. The van der Waals surface area contributed by atoms with Crippen molar-refractivity contribution in [2.75, 3.05) is 10.8 Å². The van der Waals surface area contributed by atoms with Gasteiger partial charge in [-0.05, 0) is 81.5 Å². The lowest BCUT2D eigenvalue weighted by Crippen LogP contribution is -2.52. The van der Waals surface area contributed by atoms with E-state index >= 15 is 0 Å². The fourth-order valence-corrected chi connectivity index (χ4v) is 6.63. The normalized spacial score (nSPS) is 14.5. The molecular weight excluding hydrogens is 558 g/mol. The first-order chi connectivity index (χ1) is 19.5. The van der Waals surface area contributed by atoms with E-state index in [-0.39, 0.29) is 29.1 Å². The van der Waals surface area contributed by atoms with E-state index in [1.807, 2.05) is 45.0 Å². The van der Waals surface area contributed by atoms with Crippen LogP contribution in [0.5, 0.6) is 0 Å². The van der Waals surface area contributed by atoms with E-state index in [0.29, 0.717) is 5.02 Å². The molecule has 1 saturated carbocycles. The van der Waals surface area contributed by atoms with E-state index in [1.54, 1.807) is 37.3 Å². The molecule has 218 valence electrons. The summed E-state index contributed by atoms with van der Waals surface area (Å²) in [5, 5.41) is 3.48. The number of nitrogens with one attached hydrogen (secondary N) is 1. The van der Waals surface area contributed by atoms with Crippen molar-refractivity contribution in [3.05, 3.63) is 94.0 Å². The predicted octanol–water partition coefficient (Wildman–Crippen LogP) is 5.94. The third kappa shape index (κ3) is 7.29. The molecule has 3 aromatic carbocycles. The van der Waals surface area contributed by atoms with Crippen LogP contribution in [0.15, 0.2) is 71.6 Å². The summed E-state index contributed by atoms with van der Waals surface area (Å²) in [4.78, 5) is 29.0. The molecule has 9 heteroatoms. The van der Waals surface area contributed by atoms with Crippen molar-refractivity contribution in [3.63, 3.8) is 0 Å². The first-order valence-corrected chi connectivity index (χ1v) is 15.8. The van der Waals surface area contributed by atoms with E-state index in [9.17, 15) is 18.0 Å². The molecule has 1 aliphatic rings. The molecule has 0 spiro atoms. The van der Waals surface area contributed by atoms with Crippen molar-refractivity contribution in [1.82, 2.24) is 10.2 Å². The van der Waals surface area contributed by atoms with E-state index in [2.05, 4.69) is 5.32 Å². The topological polar surface area (TPSA) is 86.8 Å². The van der Waals surface area contributed by atoms with Crippen molar-refractivity contribution in [3.8, 4) is 0 Å². The van der Waals surface area contributed by atoms with Crippen LogP contribution in [-0.4, -0.2) is 43.8 Å². The van der Waals surface area contributed by atoms with Crippen LogP contribution >= 0.6 is 11.6 Å². The third-order valence-corrected chi connectivity index (χ3v) is 10.00. The van der Waals surface area contributed by atoms with E-state index in [4.69, 9.17) is 11.6 Å². The van der Waals surface area contributed by atoms with Crippen LogP contribution in [0.4, 0.5) is 5.69 Å². The Labute approximate surface area is 248 Å². The molecule has 3 aromatic rings. The molecule has 1 atom stereocenters. The maximum absolute atomic E-state index is 14.1. The minimum Gasteiger partial charge on any atom is -0.352 e. The highest BCUT2D eigenvalue weighted by molar-refractivity contribution is 7.92. The van der Waals surface area contributed by atoms with Crippen molar-refractivity contribution < 1.29 is 18.0 Å². The lowest BCUT2D eigenvalue weighted by atomic mass is 10.1. The summed E-state index contributed by atoms with van der Waals surface area (Å²) < 4.78 is 29.0. The molecule has 0 radical (unpaired) electrons. The van der Waals surface area contributed by atoms with Gasteiger partial charge in [-0.1, -0.05) is 72.5 Å².